The number of fused-ring (bicyclic) bond motifs is 1. The second-order valence-corrected chi connectivity index (χ2v) is 9.83. The number of hydrogen-bond donors (Lipinski definition) is 4. The number of aromatic nitrogens is 2. The lowest BCUT2D eigenvalue weighted by Gasteiger charge is -2.39. The predicted molar refractivity (Wildman–Crippen MR) is 137 cm³/mol. The number of aliphatic hydroxyl groups excluding tert-OH is 1. The van der Waals surface area contributed by atoms with E-state index in [2.05, 4.69) is 36.5 Å². The maximum absolute atomic E-state index is 10.1. The third-order valence-corrected chi connectivity index (χ3v) is 6.67. The number of rotatable bonds is 7. The molecule has 2 unspecified atom stereocenters. The van der Waals surface area contributed by atoms with Crippen molar-refractivity contribution >= 4 is 40.4 Å². The Morgan fingerprint density at radius 1 is 1.31 bits per heavy atom. The van der Waals surface area contributed by atoms with E-state index in [0.29, 0.717) is 35.6 Å². The number of anilines is 2. The zero-order valence-corrected chi connectivity index (χ0v) is 20.9. The molecule has 2 saturated heterocycles. The van der Waals surface area contributed by atoms with Crippen LogP contribution < -0.4 is 15.5 Å². The zero-order valence-electron chi connectivity index (χ0n) is 20.2. The number of allylic oxidation sites excluding steroid dienone is 2. The van der Waals surface area contributed by atoms with Crippen LogP contribution in [0.4, 0.5) is 11.6 Å². The molecule has 2 aliphatic rings. The number of piperazine rings is 1. The summed E-state index contributed by atoms with van der Waals surface area (Å²) in [5.74, 6) is 0.347. The minimum atomic E-state index is -0.775. The van der Waals surface area contributed by atoms with E-state index >= 15 is 0 Å². The summed E-state index contributed by atoms with van der Waals surface area (Å²) in [7, 11) is 0. The summed E-state index contributed by atoms with van der Waals surface area (Å²) < 4.78 is 5.41. The summed E-state index contributed by atoms with van der Waals surface area (Å²) in [6.45, 7) is 9.48. The monoisotopic (exact) mass is 498 g/mol. The Kier molecular flexibility index (Phi) is 7.42. The molecule has 1 aromatic heterocycles. The van der Waals surface area contributed by atoms with Crippen molar-refractivity contribution in [1.82, 2.24) is 20.2 Å². The van der Waals surface area contributed by atoms with Crippen LogP contribution in [0.5, 0.6) is 0 Å². The van der Waals surface area contributed by atoms with Gasteiger partial charge in [-0.1, -0.05) is 11.6 Å². The maximum Gasteiger partial charge on any atom is 0.227 e. The molecular weight excluding hydrogens is 468 g/mol. The summed E-state index contributed by atoms with van der Waals surface area (Å²) in [5.41, 5.74) is 1.97. The van der Waals surface area contributed by atoms with Gasteiger partial charge in [0.15, 0.2) is 0 Å². The molecule has 0 radical (unpaired) electrons. The van der Waals surface area contributed by atoms with E-state index in [0.717, 1.165) is 42.8 Å². The predicted octanol–water partition coefficient (Wildman–Crippen LogP) is 2.35. The van der Waals surface area contributed by atoms with Gasteiger partial charge in [-0.05, 0) is 32.9 Å². The third-order valence-electron chi connectivity index (χ3n) is 6.37. The number of halogens is 1. The van der Waals surface area contributed by atoms with Crippen LogP contribution in [-0.2, 0) is 4.74 Å². The number of nitrogens with zero attached hydrogens (tertiary/aromatic N) is 5. The number of aliphatic hydroxyl groups is 1. The fraction of sp³-hybridized carbons (Fsp3) is 0.500. The van der Waals surface area contributed by atoms with E-state index in [1.165, 1.54) is 6.21 Å². The van der Waals surface area contributed by atoms with Gasteiger partial charge in [-0.25, -0.2) is 9.97 Å². The lowest BCUT2D eigenvalue weighted by Crippen LogP contribution is -2.53. The molecule has 0 bridgehead atoms. The van der Waals surface area contributed by atoms with Crippen molar-refractivity contribution in [2.75, 3.05) is 49.6 Å². The molecule has 0 saturated carbocycles. The van der Waals surface area contributed by atoms with Crippen molar-refractivity contribution in [2.45, 2.75) is 38.5 Å². The zero-order chi connectivity index (χ0) is 25.2. The van der Waals surface area contributed by atoms with E-state index in [9.17, 15) is 10.4 Å². The number of ether oxygens (including phenoxy) is 1. The van der Waals surface area contributed by atoms with E-state index in [4.69, 9.17) is 21.7 Å². The van der Waals surface area contributed by atoms with Gasteiger partial charge in [-0.3, -0.25) is 4.90 Å². The molecule has 3 heterocycles. The van der Waals surface area contributed by atoms with Crippen LogP contribution in [0.3, 0.4) is 0 Å². The van der Waals surface area contributed by atoms with Crippen molar-refractivity contribution in [2.24, 2.45) is 0 Å². The van der Waals surface area contributed by atoms with Crippen molar-refractivity contribution < 1.29 is 9.84 Å². The fourth-order valence-electron chi connectivity index (χ4n) is 4.44. The summed E-state index contributed by atoms with van der Waals surface area (Å²) >= 11 is 6.63. The Morgan fingerprint density at radius 2 is 2.06 bits per heavy atom. The molecule has 0 aliphatic carbocycles. The Hall–Kier alpha value is -2.97. The molecule has 186 valence electrons. The number of benzene rings is 1. The van der Waals surface area contributed by atoms with Gasteiger partial charge in [-0.15, -0.1) is 0 Å². The van der Waals surface area contributed by atoms with Crippen LogP contribution in [0.2, 0.25) is 5.02 Å². The molecule has 2 atom stereocenters. The third kappa shape index (κ3) is 5.65. The van der Waals surface area contributed by atoms with Gasteiger partial charge in [0.2, 0.25) is 5.95 Å². The second kappa shape index (κ2) is 10.3. The summed E-state index contributed by atoms with van der Waals surface area (Å²) in [4.78, 5) is 13.5. The number of nitriles is 1. The summed E-state index contributed by atoms with van der Waals surface area (Å²) in [5, 5.41) is 34.8. The Bertz CT molecular complexity index is 1170. The highest BCUT2D eigenvalue weighted by Gasteiger charge is 2.33. The van der Waals surface area contributed by atoms with Crippen molar-refractivity contribution in [3.05, 3.63) is 34.7 Å². The first kappa shape index (κ1) is 25.1. The van der Waals surface area contributed by atoms with E-state index in [-0.39, 0.29) is 6.04 Å². The second-order valence-electron chi connectivity index (χ2n) is 9.42. The molecule has 4 N–H and O–H groups in total. The quantitative estimate of drug-likeness (QED) is 0.424. The van der Waals surface area contributed by atoms with Crippen molar-refractivity contribution in [3.63, 3.8) is 0 Å². The normalized spacial score (nSPS) is 22.0. The Labute approximate surface area is 210 Å². The van der Waals surface area contributed by atoms with Crippen molar-refractivity contribution in [1.29, 1.82) is 10.7 Å². The smallest absolute Gasteiger partial charge is 0.227 e. The molecule has 2 fully saturated rings. The standard InChI is InChI=1S/C24H31ClN8O2/c1-15(31-24(2,3)14-27)19(10-26)30-23-28-11-16-8-17(25)20(9-18(16)29-23)32-4-6-33(7-5-32)21-12-35-13-22(21)34/h8-11,21-22,26,31,34H,4-7,12-13H2,1-3H3,(H,28,29,30)/b19-15+,26-10?. The average molecular weight is 499 g/mol. The Balaban J connectivity index is 1.52. The lowest BCUT2D eigenvalue weighted by molar-refractivity contribution is 0.0785. The number of hydrogen-bond acceptors (Lipinski definition) is 10. The molecule has 4 rings (SSSR count). The van der Waals surface area contributed by atoms with Crippen LogP contribution in [0.1, 0.15) is 20.8 Å². The van der Waals surface area contributed by atoms with Crippen LogP contribution in [0.15, 0.2) is 29.7 Å². The van der Waals surface area contributed by atoms with E-state index < -0.39 is 11.6 Å². The fourth-order valence-corrected chi connectivity index (χ4v) is 4.73. The van der Waals surface area contributed by atoms with Gasteiger partial charge >= 0.3 is 0 Å². The van der Waals surface area contributed by atoms with Crippen molar-refractivity contribution in [3.8, 4) is 6.07 Å². The molecule has 11 heteroatoms. The molecule has 0 spiro atoms. The van der Waals surface area contributed by atoms with Crippen LogP contribution in [0.25, 0.3) is 10.9 Å². The molecule has 10 nitrogen and oxygen atoms in total. The molecular formula is C24H31ClN8O2. The first-order valence-electron chi connectivity index (χ1n) is 11.6. The van der Waals surface area contributed by atoms with Crippen LogP contribution in [0, 0.1) is 16.7 Å². The number of nitrogens with one attached hydrogen (secondary N) is 3. The molecule has 1 aromatic carbocycles. The van der Waals surface area contributed by atoms with E-state index in [1.54, 1.807) is 27.0 Å². The molecule has 2 aromatic rings. The lowest BCUT2D eigenvalue weighted by atomic mass is 10.1. The van der Waals surface area contributed by atoms with Gasteiger partial charge in [0, 0.05) is 49.7 Å². The summed E-state index contributed by atoms with van der Waals surface area (Å²) in [6, 6.07) is 6.07. The first-order valence-corrected chi connectivity index (χ1v) is 12.0. The Morgan fingerprint density at radius 3 is 2.69 bits per heavy atom. The molecule has 2 aliphatic heterocycles. The maximum atomic E-state index is 10.1. The van der Waals surface area contributed by atoms with E-state index in [1.807, 2.05) is 12.1 Å². The molecule has 0 amide bonds. The van der Waals surface area contributed by atoms with Crippen LogP contribution in [-0.4, -0.2) is 83.3 Å². The van der Waals surface area contributed by atoms with Gasteiger partial charge in [-0.2, -0.15) is 5.26 Å². The average Bonchev–Trinajstić information content (AvgIpc) is 3.27. The highest BCUT2D eigenvalue weighted by molar-refractivity contribution is 6.34. The minimum Gasteiger partial charge on any atom is -0.389 e. The van der Waals surface area contributed by atoms with Crippen LogP contribution >= 0.6 is 11.6 Å². The largest absolute Gasteiger partial charge is 0.389 e. The topological polar surface area (TPSA) is 133 Å². The SMILES string of the molecule is C/C(NC(C)(C)C#N)=C(/C=N)Nc1ncc2cc(Cl)c(N3CCN(C4COCC4O)CC3)cc2n1. The first-order chi connectivity index (χ1) is 16.7. The molecule has 35 heavy (non-hydrogen) atoms. The highest BCUT2D eigenvalue weighted by Crippen LogP contribution is 2.32. The van der Waals surface area contributed by atoms with Gasteiger partial charge < -0.3 is 30.8 Å². The van der Waals surface area contributed by atoms with Gasteiger partial charge in [0.05, 0.1) is 53.4 Å². The summed E-state index contributed by atoms with van der Waals surface area (Å²) in [6.07, 6.45) is 2.43. The van der Waals surface area contributed by atoms with Gasteiger partial charge in [0.25, 0.3) is 0 Å². The van der Waals surface area contributed by atoms with Gasteiger partial charge in [0.1, 0.15) is 5.54 Å². The highest BCUT2D eigenvalue weighted by atomic mass is 35.5. The minimum absolute atomic E-state index is 0.0540.